The molecule has 2 nitrogen and oxygen atoms in total. The van der Waals surface area contributed by atoms with E-state index in [1.165, 1.54) is 70.8 Å². The SMILES string of the molecule is CCC1(CNCC2(CO)CCCCC2)CCCC1. The maximum absolute atomic E-state index is 9.71. The summed E-state index contributed by atoms with van der Waals surface area (Å²) in [4.78, 5) is 0. The Morgan fingerprint density at radius 1 is 0.833 bits per heavy atom. The van der Waals surface area contributed by atoms with E-state index in [1.54, 1.807) is 0 Å². The Hall–Kier alpha value is -0.0800. The van der Waals surface area contributed by atoms with Crippen LogP contribution in [0.4, 0.5) is 0 Å². The zero-order valence-corrected chi connectivity index (χ0v) is 12.1. The van der Waals surface area contributed by atoms with Gasteiger partial charge < -0.3 is 10.4 Å². The lowest BCUT2D eigenvalue weighted by Gasteiger charge is -2.37. The quantitative estimate of drug-likeness (QED) is 0.759. The Kier molecular flexibility index (Phi) is 5.08. The highest BCUT2D eigenvalue weighted by atomic mass is 16.3. The molecule has 0 spiro atoms. The molecule has 2 fully saturated rings. The minimum Gasteiger partial charge on any atom is -0.396 e. The summed E-state index contributed by atoms with van der Waals surface area (Å²) in [6, 6.07) is 0. The number of hydrogen-bond acceptors (Lipinski definition) is 2. The third-order valence-electron chi connectivity index (χ3n) is 5.66. The van der Waals surface area contributed by atoms with Gasteiger partial charge in [-0.3, -0.25) is 0 Å². The molecular weight excluding hydrogens is 222 g/mol. The molecule has 106 valence electrons. The van der Waals surface area contributed by atoms with E-state index in [4.69, 9.17) is 0 Å². The van der Waals surface area contributed by atoms with Crippen LogP contribution < -0.4 is 5.32 Å². The number of nitrogens with one attached hydrogen (secondary N) is 1. The minimum atomic E-state index is 0.200. The zero-order valence-electron chi connectivity index (χ0n) is 12.1. The van der Waals surface area contributed by atoms with Crippen LogP contribution in [-0.2, 0) is 0 Å². The van der Waals surface area contributed by atoms with Gasteiger partial charge in [0, 0.05) is 25.1 Å². The summed E-state index contributed by atoms with van der Waals surface area (Å²) in [5.74, 6) is 0. The van der Waals surface area contributed by atoms with Gasteiger partial charge in [-0.05, 0) is 37.5 Å². The predicted octanol–water partition coefficient (Wildman–Crippen LogP) is 3.49. The van der Waals surface area contributed by atoms with Crippen LogP contribution in [0.25, 0.3) is 0 Å². The predicted molar refractivity (Wildman–Crippen MR) is 76.7 cm³/mol. The number of hydrogen-bond donors (Lipinski definition) is 2. The van der Waals surface area contributed by atoms with Gasteiger partial charge in [-0.25, -0.2) is 0 Å². The Bertz CT molecular complexity index is 239. The Balaban J connectivity index is 1.79. The van der Waals surface area contributed by atoms with Crippen molar-refractivity contribution in [2.24, 2.45) is 10.8 Å². The first kappa shape index (κ1) is 14.3. The van der Waals surface area contributed by atoms with Crippen LogP contribution in [-0.4, -0.2) is 24.8 Å². The van der Waals surface area contributed by atoms with Crippen LogP contribution in [0, 0.1) is 10.8 Å². The van der Waals surface area contributed by atoms with E-state index >= 15 is 0 Å². The summed E-state index contributed by atoms with van der Waals surface area (Å²) in [5, 5.41) is 13.4. The summed E-state index contributed by atoms with van der Waals surface area (Å²) in [6.45, 7) is 4.92. The number of aliphatic hydroxyl groups excluding tert-OH is 1. The number of rotatable bonds is 6. The van der Waals surface area contributed by atoms with E-state index in [0.29, 0.717) is 12.0 Å². The van der Waals surface area contributed by atoms with Crippen LogP contribution in [0.2, 0.25) is 0 Å². The van der Waals surface area contributed by atoms with Crippen LogP contribution in [0.5, 0.6) is 0 Å². The molecule has 0 amide bonds. The molecule has 2 N–H and O–H groups in total. The molecule has 0 aliphatic heterocycles. The molecule has 0 atom stereocenters. The maximum Gasteiger partial charge on any atom is 0.0499 e. The molecule has 0 aromatic carbocycles. The highest BCUT2D eigenvalue weighted by Crippen LogP contribution is 2.41. The van der Waals surface area contributed by atoms with Crippen molar-refractivity contribution in [2.45, 2.75) is 71.1 Å². The third kappa shape index (κ3) is 3.27. The second-order valence-corrected chi connectivity index (χ2v) is 6.88. The van der Waals surface area contributed by atoms with Crippen molar-refractivity contribution >= 4 is 0 Å². The van der Waals surface area contributed by atoms with E-state index in [9.17, 15) is 5.11 Å². The number of aliphatic hydroxyl groups is 1. The standard InChI is InChI=1S/C16H31NO/c1-2-15(8-6-7-9-15)12-17-13-16(14-18)10-4-3-5-11-16/h17-18H,2-14H2,1H3. The lowest BCUT2D eigenvalue weighted by molar-refractivity contribution is 0.0772. The topological polar surface area (TPSA) is 32.3 Å². The van der Waals surface area contributed by atoms with Crippen molar-refractivity contribution in [1.29, 1.82) is 0 Å². The van der Waals surface area contributed by atoms with Crippen molar-refractivity contribution in [3.05, 3.63) is 0 Å². The molecule has 0 aromatic heterocycles. The van der Waals surface area contributed by atoms with Gasteiger partial charge in [0.1, 0.15) is 0 Å². The fraction of sp³-hybridized carbons (Fsp3) is 1.00. The summed E-state index contributed by atoms with van der Waals surface area (Å²) in [6.07, 6.45) is 13.4. The van der Waals surface area contributed by atoms with Crippen molar-refractivity contribution in [1.82, 2.24) is 5.32 Å². The third-order valence-corrected chi connectivity index (χ3v) is 5.66. The van der Waals surface area contributed by atoms with Gasteiger partial charge in [-0.1, -0.05) is 39.0 Å². The summed E-state index contributed by atoms with van der Waals surface area (Å²) < 4.78 is 0. The van der Waals surface area contributed by atoms with E-state index < -0.39 is 0 Å². The molecule has 0 bridgehead atoms. The van der Waals surface area contributed by atoms with E-state index in [-0.39, 0.29) is 5.41 Å². The van der Waals surface area contributed by atoms with Crippen LogP contribution in [0.15, 0.2) is 0 Å². The molecule has 0 heterocycles. The van der Waals surface area contributed by atoms with E-state index in [2.05, 4.69) is 12.2 Å². The lowest BCUT2D eigenvalue weighted by atomic mass is 9.74. The minimum absolute atomic E-state index is 0.200. The second kappa shape index (κ2) is 6.38. The Morgan fingerprint density at radius 2 is 1.33 bits per heavy atom. The molecule has 2 rings (SSSR count). The van der Waals surface area contributed by atoms with Crippen molar-refractivity contribution in [2.75, 3.05) is 19.7 Å². The summed E-state index contributed by atoms with van der Waals surface area (Å²) in [7, 11) is 0. The zero-order chi connectivity index (χ0) is 12.9. The largest absolute Gasteiger partial charge is 0.396 e. The Morgan fingerprint density at radius 3 is 1.89 bits per heavy atom. The van der Waals surface area contributed by atoms with Crippen molar-refractivity contribution in [3.8, 4) is 0 Å². The average molecular weight is 253 g/mol. The molecule has 0 radical (unpaired) electrons. The van der Waals surface area contributed by atoms with E-state index in [1.807, 2.05) is 0 Å². The van der Waals surface area contributed by atoms with Gasteiger partial charge in [-0.2, -0.15) is 0 Å². The highest BCUT2D eigenvalue weighted by molar-refractivity contribution is 4.89. The highest BCUT2D eigenvalue weighted by Gasteiger charge is 2.34. The van der Waals surface area contributed by atoms with Gasteiger partial charge >= 0.3 is 0 Å². The molecule has 2 heteroatoms. The van der Waals surface area contributed by atoms with E-state index in [0.717, 1.165) is 6.54 Å². The van der Waals surface area contributed by atoms with Crippen molar-refractivity contribution < 1.29 is 5.11 Å². The maximum atomic E-state index is 9.71. The summed E-state index contributed by atoms with van der Waals surface area (Å²) >= 11 is 0. The molecule has 2 saturated carbocycles. The van der Waals surface area contributed by atoms with Crippen LogP contribution in [0.3, 0.4) is 0 Å². The van der Waals surface area contributed by atoms with Gasteiger partial charge in [0.2, 0.25) is 0 Å². The van der Waals surface area contributed by atoms with Gasteiger partial charge in [0.15, 0.2) is 0 Å². The molecule has 2 aliphatic rings. The fourth-order valence-electron chi connectivity index (χ4n) is 4.07. The smallest absolute Gasteiger partial charge is 0.0499 e. The first-order chi connectivity index (χ1) is 8.74. The molecule has 18 heavy (non-hydrogen) atoms. The first-order valence-electron chi connectivity index (χ1n) is 8.06. The second-order valence-electron chi connectivity index (χ2n) is 6.88. The van der Waals surface area contributed by atoms with Crippen LogP contribution >= 0.6 is 0 Å². The molecule has 0 saturated heterocycles. The normalized spacial score (nSPS) is 26.3. The van der Waals surface area contributed by atoms with Crippen LogP contribution in [0.1, 0.15) is 71.1 Å². The molecular formula is C16H31NO. The molecule has 0 unspecified atom stereocenters. The Labute approximate surface area is 113 Å². The fourth-order valence-corrected chi connectivity index (χ4v) is 4.07. The van der Waals surface area contributed by atoms with Gasteiger partial charge in [0.25, 0.3) is 0 Å². The average Bonchev–Trinajstić information content (AvgIpc) is 2.89. The molecule has 2 aliphatic carbocycles. The van der Waals surface area contributed by atoms with Gasteiger partial charge in [-0.15, -0.1) is 0 Å². The van der Waals surface area contributed by atoms with Crippen molar-refractivity contribution in [3.63, 3.8) is 0 Å². The molecule has 0 aromatic rings. The lowest BCUT2D eigenvalue weighted by Crippen LogP contribution is -2.42. The van der Waals surface area contributed by atoms with Gasteiger partial charge in [0.05, 0.1) is 0 Å². The first-order valence-corrected chi connectivity index (χ1v) is 8.06. The monoisotopic (exact) mass is 253 g/mol. The summed E-state index contributed by atoms with van der Waals surface area (Å²) in [5.41, 5.74) is 0.775.